The summed E-state index contributed by atoms with van der Waals surface area (Å²) in [6.07, 6.45) is 9.48. The van der Waals surface area contributed by atoms with Gasteiger partial charge in [0.25, 0.3) is 0 Å². The van der Waals surface area contributed by atoms with E-state index < -0.39 is 0 Å². The number of hydrogen-bond donors (Lipinski definition) is 2. The molecular formula is C21H29N3O2. The molecule has 140 valence electrons. The predicted molar refractivity (Wildman–Crippen MR) is 102 cm³/mol. The highest BCUT2D eigenvalue weighted by atomic mass is 16.2. The Hall–Kier alpha value is -2.04. The molecule has 2 atom stereocenters. The molecule has 2 aliphatic heterocycles. The fourth-order valence-corrected chi connectivity index (χ4v) is 4.69. The molecule has 3 fully saturated rings. The van der Waals surface area contributed by atoms with Gasteiger partial charge >= 0.3 is 6.03 Å². The van der Waals surface area contributed by atoms with E-state index in [-0.39, 0.29) is 23.9 Å². The van der Waals surface area contributed by atoms with Gasteiger partial charge in [-0.3, -0.25) is 4.79 Å². The van der Waals surface area contributed by atoms with Gasteiger partial charge in [-0.2, -0.15) is 0 Å². The first kappa shape index (κ1) is 17.4. The molecule has 4 rings (SSSR count). The summed E-state index contributed by atoms with van der Waals surface area (Å²) in [5.41, 5.74) is 2.23. The number of likely N-dealkylation sites (tertiary alicyclic amines) is 1. The van der Waals surface area contributed by atoms with Gasteiger partial charge in [0, 0.05) is 24.8 Å². The Morgan fingerprint density at radius 2 is 1.65 bits per heavy atom. The van der Waals surface area contributed by atoms with Crippen molar-refractivity contribution in [2.75, 3.05) is 18.4 Å². The van der Waals surface area contributed by atoms with E-state index in [2.05, 4.69) is 22.8 Å². The van der Waals surface area contributed by atoms with Crippen LogP contribution in [0.4, 0.5) is 10.5 Å². The zero-order valence-electron chi connectivity index (χ0n) is 15.4. The number of fused-ring (bicyclic) bond motifs is 3. The molecule has 1 aliphatic carbocycles. The zero-order chi connectivity index (χ0) is 17.9. The third-order valence-corrected chi connectivity index (χ3v) is 6.23. The van der Waals surface area contributed by atoms with Crippen molar-refractivity contribution in [3.05, 3.63) is 29.8 Å². The molecule has 2 N–H and O–H groups in total. The van der Waals surface area contributed by atoms with Crippen molar-refractivity contribution in [2.24, 2.45) is 5.92 Å². The second kappa shape index (κ2) is 7.68. The van der Waals surface area contributed by atoms with Crippen molar-refractivity contribution in [3.8, 4) is 0 Å². The van der Waals surface area contributed by atoms with Gasteiger partial charge in [0.05, 0.1) is 5.92 Å². The van der Waals surface area contributed by atoms with Gasteiger partial charge in [-0.05, 0) is 49.3 Å². The zero-order valence-corrected chi connectivity index (χ0v) is 15.4. The summed E-state index contributed by atoms with van der Waals surface area (Å²) in [7, 11) is 0. The number of urea groups is 1. The molecule has 5 heteroatoms. The summed E-state index contributed by atoms with van der Waals surface area (Å²) in [6, 6.07) is 8.35. The van der Waals surface area contributed by atoms with Crippen molar-refractivity contribution < 1.29 is 9.59 Å². The standard InChI is InChI=1S/C21H29N3O2/c25-20-17-7-4-8-19(22-20)14-24(13-17)21(26)23-18-11-9-16(10-12-18)15-5-2-1-3-6-15/h9-12,15,17,19H,1-8,13-14H2,(H,22,25)(H,23,26)/t17-,19+/m0/s1. The molecule has 0 aromatic heterocycles. The van der Waals surface area contributed by atoms with E-state index in [1.807, 2.05) is 12.1 Å². The maximum Gasteiger partial charge on any atom is 0.321 e. The number of carbonyl (C=O) groups is 2. The Balaban J connectivity index is 1.39. The van der Waals surface area contributed by atoms with Crippen LogP contribution in [0.25, 0.3) is 0 Å². The summed E-state index contributed by atoms with van der Waals surface area (Å²) >= 11 is 0. The largest absolute Gasteiger partial charge is 0.351 e. The lowest BCUT2D eigenvalue weighted by atomic mass is 9.84. The van der Waals surface area contributed by atoms with Crippen molar-refractivity contribution in [3.63, 3.8) is 0 Å². The third-order valence-electron chi connectivity index (χ3n) is 6.23. The lowest BCUT2D eigenvalue weighted by molar-refractivity contribution is -0.124. The molecule has 2 saturated heterocycles. The van der Waals surface area contributed by atoms with Crippen LogP contribution >= 0.6 is 0 Å². The van der Waals surface area contributed by atoms with Gasteiger partial charge in [0.1, 0.15) is 0 Å². The summed E-state index contributed by atoms with van der Waals surface area (Å²) in [5.74, 6) is 0.720. The van der Waals surface area contributed by atoms with Gasteiger partial charge in [0.15, 0.2) is 0 Å². The maximum absolute atomic E-state index is 12.7. The summed E-state index contributed by atoms with van der Waals surface area (Å²) in [5, 5.41) is 6.09. The van der Waals surface area contributed by atoms with Crippen LogP contribution in [-0.2, 0) is 4.79 Å². The first-order valence-corrected chi connectivity index (χ1v) is 10.2. The molecule has 0 spiro atoms. The normalized spacial score (nSPS) is 26.8. The molecule has 0 unspecified atom stereocenters. The SMILES string of the molecule is O=C1N[C@@H]2CCC[C@H]1CN(C(=O)Nc1ccc(C3CCCCC3)cc1)C2. The maximum atomic E-state index is 12.7. The molecule has 5 nitrogen and oxygen atoms in total. The van der Waals surface area contributed by atoms with Crippen LogP contribution in [0.5, 0.6) is 0 Å². The van der Waals surface area contributed by atoms with Crippen molar-refractivity contribution >= 4 is 17.6 Å². The number of nitrogens with zero attached hydrogens (tertiary/aromatic N) is 1. The van der Waals surface area contributed by atoms with E-state index in [0.29, 0.717) is 19.0 Å². The highest BCUT2D eigenvalue weighted by Crippen LogP contribution is 2.33. The predicted octanol–water partition coefficient (Wildman–Crippen LogP) is 3.87. The monoisotopic (exact) mass is 355 g/mol. The van der Waals surface area contributed by atoms with Gasteiger partial charge in [-0.25, -0.2) is 4.79 Å². The molecule has 1 saturated carbocycles. The molecule has 1 aromatic carbocycles. The molecule has 3 aliphatic rings. The Bertz CT molecular complexity index is 652. The minimum absolute atomic E-state index is 0.0677. The minimum atomic E-state index is -0.0937. The van der Waals surface area contributed by atoms with E-state index in [0.717, 1.165) is 24.9 Å². The highest BCUT2D eigenvalue weighted by Gasteiger charge is 2.34. The van der Waals surface area contributed by atoms with E-state index in [9.17, 15) is 9.59 Å². The van der Waals surface area contributed by atoms with Crippen LogP contribution in [0.15, 0.2) is 24.3 Å². The number of carbonyl (C=O) groups excluding carboxylic acids is 2. The average molecular weight is 355 g/mol. The molecule has 26 heavy (non-hydrogen) atoms. The third kappa shape index (κ3) is 3.87. The quantitative estimate of drug-likeness (QED) is 0.846. The Labute approximate surface area is 155 Å². The number of nitrogens with one attached hydrogen (secondary N) is 2. The Morgan fingerprint density at radius 1 is 0.923 bits per heavy atom. The first-order valence-electron chi connectivity index (χ1n) is 10.2. The lowest BCUT2D eigenvalue weighted by Crippen LogP contribution is -2.43. The van der Waals surface area contributed by atoms with E-state index in [4.69, 9.17) is 0 Å². The van der Waals surface area contributed by atoms with Crippen LogP contribution in [0.2, 0.25) is 0 Å². The number of hydrogen-bond acceptors (Lipinski definition) is 2. The number of anilines is 1. The van der Waals surface area contributed by atoms with Crippen molar-refractivity contribution in [1.29, 1.82) is 0 Å². The first-order chi connectivity index (χ1) is 12.7. The number of amides is 3. The van der Waals surface area contributed by atoms with E-state index >= 15 is 0 Å². The second-order valence-corrected chi connectivity index (χ2v) is 8.13. The molecule has 2 bridgehead atoms. The van der Waals surface area contributed by atoms with Crippen LogP contribution in [0.3, 0.4) is 0 Å². The van der Waals surface area contributed by atoms with E-state index in [1.165, 1.54) is 37.7 Å². The average Bonchev–Trinajstić information content (AvgIpc) is 2.91. The van der Waals surface area contributed by atoms with Gasteiger partial charge in [-0.1, -0.05) is 37.8 Å². The van der Waals surface area contributed by atoms with Crippen LogP contribution in [0, 0.1) is 5.92 Å². The van der Waals surface area contributed by atoms with Crippen LogP contribution < -0.4 is 10.6 Å². The Kier molecular flexibility index (Phi) is 5.14. The Morgan fingerprint density at radius 3 is 2.42 bits per heavy atom. The van der Waals surface area contributed by atoms with Crippen molar-refractivity contribution in [2.45, 2.75) is 63.3 Å². The summed E-state index contributed by atoms with van der Waals surface area (Å²) < 4.78 is 0. The van der Waals surface area contributed by atoms with Crippen LogP contribution in [0.1, 0.15) is 62.8 Å². The minimum Gasteiger partial charge on any atom is -0.351 e. The van der Waals surface area contributed by atoms with Gasteiger partial charge in [0.2, 0.25) is 5.91 Å². The number of benzene rings is 1. The summed E-state index contributed by atoms with van der Waals surface area (Å²) in [4.78, 5) is 26.7. The second-order valence-electron chi connectivity index (χ2n) is 8.13. The van der Waals surface area contributed by atoms with Crippen molar-refractivity contribution in [1.82, 2.24) is 10.2 Å². The molecule has 1 aromatic rings. The molecule has 2 heterocycles. The molecule has 3 amide bonds. The number of rotatable bonds is 2. The van der Waals surface area contributed by atoms with Gasteiger partial charge < -0.3 is 15.5 Å². The fourth-order valence-electron chi connectivity index (χ4n) is 4.69. The fraction of sp³-hybridized carbons (Fsp3) is 0.619. The topological polar surface area (TPSA) is 61.4 Å². The summed E-state index contributed by atoms with van der Waals surface area (Å²) in [6.45, 7) is 1.13. The van der Waals surface area contributed by atoms with Crippen LogP contribution in [-0.4, -0.2) is 36.0 Å². The lowest BCUT2D eigenvalue weighted by Gasteiger charge is -2.27. The van der Waals surface area contributed by atoms with Gasteiger partial charge in [-0.15, -0.1) is 0 Å². The highest BCUT2D eigenvalue weighted by molar-refractivity contribution is 5.90. The van der Waals surface area contributed by atoms with E-state index in [1.54, 1.807) is 4.90 Å². The smallest absolute Gasteiger partial charge is 0.321 e. The molecular weight excluding hydrogens is 326 g/mol. The molecule has 0 radical (unpaired) electrons.